The molecule has 1 aromatic rings. The fourth-order valence-electron chi connectivity index (χ4n) is 2.65. The second kappa shape index (κ2) is 8.28. The van der Waals surface area contributed by atoms with E-state index in [1.807, 2.05) is 12.1 Å². The number of nitrogens with one attached hydrogen (secondary N) is 1. The summed E-state index contributed by atoms with van der Waals surface area (Å²) < 4.78 is 10.8. The van der Waals surface area contributed by atoms with Gasteiger partial charge in [0.2, 0.25) is 0 Å². The molecule has 0 bridgehead atoms. The van der Waals surface area contributed by atoms with Gasteiger partial charge in [-0.05, 0) is 18.9 Å². The average Bonchev–Trinajstić information content (AvgIpc) is 2.45. The number of ether oxygens (including phenoxy) is 2. The summed E-state index contributed by atoms with van der Waals surface area (Å²) >= 11 is 0. The summed E-state index contributed by atoms with van der Waals surface area (Å²) in [5.41, 5.74) is 1.17. The summed E-state index contributed by atoms with van der Waals surface area (Å²) in [4.78, 5) is 0. The van der Waals surface area contributed by atoms with Crippen molar-refractivity contribution in [2.75, 3.05) is 14.2 Å². The van der Waals surface area contributed by atoms with Crippen LogP contribution in [0, 0.1) is 0 Å². The summed E-state index contributed by atoms with van der Waals surface area (Å²) in [6.45, 7) is 0.852. The van der Waals surface area contributed by atoms with Crippen molar-refractivity contribution in [1.82, 2.24) is 5.32 Å². The molecule has 1 fully saturated rings. The topological polar surface area (TPSA) is 30.5 Å². The zero-order valence-corrected chi connectivity index (χ0v) is 12.6. The second-order valence-corrected chi connectivity index (χ2v) is 4.87. The standard InChI is InChI=1S/C15H23NO2.ClH/c1-17-14-10-6-7-12(15(14)18-2)11-16-13-8-4-3-5-9-13;/h6-7,10,13,16H,3-5,8-9,11H2,1-2H3;1H. The molecular formula is C15H24ClNO2. The van der Waals surface area contributed by atoms with Gasteiger partial charge in [0.1, 0.15) is 0 Å². The van der Waals surface area contributed by atoms with Gasteiger partial charge in [-0.1, -0.05) is 31.4 Å². The van der Waals surface area contributed by atoms with Crippen LogP contribution in [0.3, 0.4) is 0 Å². The molecule has 3 nitrogen and oxygen atoms in total. The van der Waals surface area contributed by atoms with E-state index in [1.165, 1.54) is 37.7 Å². The number of rotatable bonds is 5. The molecule has 1 aromatic carbocycles. The Morgan fingerprint density at radius 2 is 1.84 bits per heavy atom. The summed E-state index contributed by atoms with van der Waals surface area (Å²) in [6, 6.07) is 6.70. The predicted molar refractivity (Wildman–Crippen MR) is 80.5 cm³/mol. The van der Waals surface area contributed by atoms with E-state index in [4.69, 9.17) is 9.47 Å². The van der Waals surface area contributed by atoms with Crippen molar-refractivity contribution >= 4 is 12.4 Å². The van der Waals surface area contributed by atoms with Crippen molar-refractivity contribution in [2.45, 2.75) is 44.7 Å². The van der Waals surface area contributed by atoms with Gasteiger partial charge >= 0.3 is 0 Å². The Morgan fingerprint density at radius 3 is 2.47 bits per heavy atom. The Labute approximate surface area is 122 Å². The molecule has 0 atom stereocenters. The van der Waals surface area contributed by atoms with Gasteiger partial charge in [0.05, 0.1) is 14.2 Å². The molecule has 0 saturated heterocycles. The Balaban J connectivity index is 0.00000180. The fraction of sp³-hybridized carbons (Fsp3) is 0.600. The molecule has 0 amide bonds. The lowest BCUT2D eigenvalue weighted by Gasteiger charge is -2.23. The third-order valence-corrected chi connectivity index (χ3v) is 3.67. The molecule has 0 aromatic heterocycles. The molecule has 19 heavy (non-hydrogen) atoms. The van der Waals surface area contributed by atoms with E-state index in [-0.39, 0.29) is 12.4 Å². The van der Waals surface area contributed by atoms with Crippen molar-refractivity contribution in [2.24, 2.45) is 0 Å². The predicted octanol–water partition coefficient (Wildman–Crippen LogP) is 3.55. The van der Waals surface area contributed by atoms with E-state index in [2.05, 4.69) is 11.4 Å². The SMILES string of the molecule is COc1cccc(CNC2CCCCC2)c1OC.Cl. The van der Waals surface area contributed by atoms with Crippen LogP contribution >= 0.6 is 12.4 Å². The number of para-hydroxylation sites is 1. The second-order valence-electron chi connectivity index (χ2n) is 4.87. The first-order valence-corrected chi connectivity index (χ1v) is 6.78. The van der Waals surface area contributed by atoms with Gasteiger partial charge in [-0.25, -0.2) is 0 Å². The third kappa shape index (κ3) is 4.29. The van der Waals surface area contributed by atoms with Gasteiger partial charge in [-0.2, -0.15) is 0 Å². The minimum absolute atomic E-state index is 0. The Hall–Kier alpha value is -0.930. The van der Waals surface area contributed by atoms with Gasteiger partial charge in [-0.15, -0.1) is 12.4 Å². The molecule has 1 aliphatic carbocycles. The molecule has 108 valence electrons. The first-order chi connectivity index (χ1) is 8.85. The first kappa shape index (κ1) is 16.1. The Morgan fingerprint density at radius 1 is 1.11 bits per heavy atom. The van der Waals surface area contributed by atoms with Crippen molar-refractivity contribution in [3.8, 4) is 11.5 Å². The van der Waals surface area contributed by atoms with Crippen LogP contribution in [-0.4, -0.2) is 20.3 Å². The highest BCUT2D eigenvalue weighted by molar-refractivity contribution is 5.85. The van der Waals surface area contributed by atoms with Crippen molar-refractivity contribution in [3.63, 3.8) is 0 Å². The van der Waals surface area contributed by atoms with Crippen molar-refractivity contribution in [1.29, 1.82) is 0 Å². The molecule has 0 aliphatic heterocycles. The molecular weight excluding hydrogens is 262 g/mol. The van der Waals surface area contributed by atoms with Gasteiger partial charge in [-0.3, -0.25) is 0 Å². The normalized spacial score (nSPS) is 15.7. The number of halogens is 1. The molecule has 0 heterocycles. The zero-order valence-electron chi connectivity index (χ0n) is 11.8. The number of hydrogen-bond donors (Lipinski definition) is 1. The monoisotopic (exact) mass is 285 g/mol. The highest BCUT2D eigenvalue weighted by atomic mass is 35.5. The van der Waals surface area contributed by atoms with Crippen LogP contribution in [0.4, 0.5) is 0 Å². The van der Waals surface area contributed by atoms with E-state index >= 15 is 0 Å². The maximum absolute atomic E-state index is 5.44. The molecule has 0 spiro atoms. The van der Waals surface area contributed by atoms with E-state index < -0.39 is 0 Å². The largest absolute Gasteiger partial charge is 0.493 e. The highest BCUT2D eigenvalue weighted by Gasteiger charge is 2.14. The lowest BCUT2D eigenvalue weighted by atomic mass is 9.95. The lowest BCUT2D eigenvalue weighted by molar-refractivity contribution is 0.343. The lowest BCUT2D eigenvalue weighted by Crippen LogP contribution is -2.30. The summed E-state index contributed by atoms with van der Waals surface area (Å²) in [5.74, 6) is 1.66. The van der Waals surface area contributed by atoms with Gasteiger partial charge in [0.15, 0.2) is 11.5 Å². The maximum atomic E-state index is 5.44. The van der Waals surface area contributed by atoms with Crippen molar-refractivity contribution < 1.29 is 9.47 Å². The molecule has 1 saturated carbocycles. The average molecular weight is 286 g/mol. The van der Waals surface area contributed by atoms with Crippen LogP contribution in [-0.2, 0) is 6.54 Å². The molecule has 4 heteroatoms. The fourth-order valence-corrected chi connectivity index (χ4v) is 2.65. The smallest absolute Gasteiger partial charge is 0.165 e. The Kier molecular flexibility index (Phi) is 7.03. The summed E-state index contributed by atoms with van der Waals surface area (Å²) in [6.07, 6.45) is 6.69. The summed E-state index contributed by atoms with van der Waals surface area (Å²) in [7, 11) is 3.37. The van der Waals surface area contributed by atoms with Gasteiger partial charge < -0.3 is 14.8 Å². The third-order valence-electron chi connectivity index (χ3n) is 3.67. The van der Waals surface area contributed by atoms with Crippen molar-refractivity contribution in [3.05, 3.63) is 23.8 Å². The number of benzene rings is 1. The van der Waals surface area contributed by atoms with Crippen LogP contribution < -0.4 is 14.8 Å². The van der Waals surface area contributed by atoms with E-state index in [0.717, 1.165) is 18.0 Å². The van der Waals surface area contributed by atoms with E-state index in [0.29, 0.717) is 6.04 Å². The minimum atomic E-state index is 0. The molecule has 1 aliphatic rings. The van der Waals surface area contributed by atoms with Crippen LogP contribution in [0.15, 0.2) is 18.2 Å². The zero-order chi connectivity index (χ0) is 12.8. The number of methoxy groups -OCH3 is 2. The highest BCUT2D eigenvalue weighted by Crippen LogP contribution is 2.30. The van der Waals surface area contributed by atoms with Crippen LogP contribution in [0.25, 0.3) is 0 Å². The maximum Gasteiger partial charge on any atom is 0.165 e. The molecule has 0 radical (unpaired) electrons. The van der Waals surface area contributed by atoms with E-state index in [1.54, 1.807) is 14.2 Å². The van der Waals surface area contributed by atoms with E-state index in [9.17, 15) is 0 Å². The van der Waals surface area contributed by atoms with Crippen LogP contribution in [0.5, 0.6) is 11.5 Å². The molecule has 0 unspecified atom stereocenters. The van der Waals surface area contributed by atoms with Gasteiger partial charge in [0.25, 0.3) is 0 Å². The quantitative estimate of drug-likeness (QED) is 0.897. The van der Waals surface area contributed by atoms with Crippen LogP contribution in [0.2, 0.25) is 0 Å². The number of hydrogen-bond acceptors (Lipinski definition) is 3. The molecule has 2 rings (SSSR count). The first-order valence-electron chi connectivity index (χ1n) is 6.78. The Bertz CT molecular complexity index is 378. The minimum Gasteiger partial charge on any atom is -0.493 e. The van der Waals surface area contributed by atoms with Crippen LogP contribution in [0.1, 0.15) is 37.7 Å². The molecule has 1 N–H and O–H groups in total. The van der Waals surface area contributed by atoms with Gasteiger partial charge in [0, 0.05) is 18.2 Å². The summed E-state index contributed by atoms with van der Waals surface area (Å²) in [5, 5.41) is 3.63.